The lowest BCUT2D eigenvalue weighted by Gasteiger charge is -2.28. The van der Waals surface area contributed by atoms with Crippen LogP contribution in [0.4, 0.5) is 11.6 Å². The SMILES string of the molecule is Clc1nc(-c2ccccc2)nc(-c2ccc3c(c2)oc2cc(-c4cccc5oc6cc(-c7nc(-c8ccccc8)nc(N8c9c(-c%10cccc(-c%11cccc(-c%12cccc%13sc%14ccccc%14c%12%13)c%11)c%10)cccc9C9C=CC=CC98)n7)ccc6c45)ccc23)n1. The summed E-state index contributed by atoms with van der Waals surface area (Å²) in [6.45, 7) is 0. The van der Waals surface area contributed by atoms with Crippen LogP contribution in [0.1, 0.15) is 11.5 Å². The summed E-state index contributed by atoms with van der Waals surface area (Å²) in [5, 5.41) is 6.68. The molecule has 11 heteroatoms. The topological polar surface area (TPSA) is 107 Å². The Morgan fingerprint density at radius 1 is 0.348 bits per heavy atom. The van der Waals surface area contributed by atoms with Gasteiger partial charge in [-0.15, -0.1) is 11.3 Å². The summed E-state index contributed by atoms with van der Waals surface area (Å²) < 4.78 is 16.0. The van der Waals surface area contributed by atoms with Gasteiger partial charge in [-0.1, -0.05) is 200 Å². The molecule has 11 aromatic carbocycles. The van der Waals surface area contributed by atoms with Gasteiger partial charge in [-0.3, -0.25) is 0 Å². The first-order valence-electron chi connectivity index (χ1n) is 29.6. The molecule has 0 spiro atoms. The molecular formula is C78H46ClN7O2S. The van der Waals surface area contributed by atoms with Crippen molar-refractivity contribution in [2.75, 3.05) is 4.90 Å². The number of furan rings is 2. The Kier molecular flexibility index (Phi) is 11.8. The first-order chi connectivity index (χ1) is 44.0. The third-order valence-electron chi connectivity index (χ3n) is 17.5. The molecule has 418 valence electrons. The highest BCUT2D eigenvalue weighted by Gasteiger charge is 2.41. The van der Waals surface area contributed by atoms with Crippen LogP contribution in [0.2, 0.25) is 5.28 Å². The number of nitrogens with zero attached hydrogens (tertiary/aromatic N) is 7. The zero-order valence-corrected chi connectivity index (χ0v) is 48.9. The summed E-state index contributed by atoms with van der Waals surface area (Å²) in [6.07, 6.45) is 8.87. The Morgan fingerprint density at radius 2 is 0.843 bits per heavy atom. The van der Waals surface area contributed by atoms with Crippen molar-refractivity contribution >= 4 is 98.6 Å². The van der Waals surface area contributed by atoms with E-state index in [4.69, 9.17) is 40.4 Å². The number of hydrogen-bond acceptors (Lipinski definition) is 10. The quantitative estimate of drug-likeness (QED) is 0.140. The van der Waals surface area contributed by atoms with Gasteiger partial charge in [0.1, 0.15) is 22.3 Å². The number of aromatic nitrogens is 6. The molecule has 1 aliphatic heterocycles. The molecule has 0 fully saturated rings. The van der Waals surface area contributed by atoms with E-state index in [-0.39, 0.29) is 17.2 Å². The van der Waals surface area contributed by atoms with Gasteiger partial charge in [-0.2, -0.15) is 19.9 Å². The van der Waals surface area contributed by atoms with E-state index in [0.29, 0.717) is 34.8 Å². The van der Waals surface area contributed by atoms with Crippen molar-refractivity contribution in [2.45, 2.75) is 12.0 Å². The lowest BCUT2D eigenvalue weighted by Crippen LogP contribution is -2.30. The van der Waals surface area contributed by atoms with Crippen molar-refractivity contribution in [3.8, 4) is 90.1 Å². The molecule has 0 N–H and O–H groups in total. The minimum atomic E-state index is -0.0896. The Balaban J connectivity index is 0.715. The molecule has 0 radical (unpaired) electrons. The molecular weight excluding hydrogens is 1130 g/mol. The number of halogens is 1. The molecule has 2 unspecified atom stereocenters. The molecule has 0 amide bonds. The Hall–Kier alpha value is -11.2. The van der Waals surface area contributed by atoms with Gasteiger partial charge in [-0.05, 0) is 123 Å². The number of fused-ring (bicyclic) bond motifs is 12. The fraction of sp³-hybridized carbons (Fsp3) is 0.0256. The molecule has 89 heavy (non-hydrogen) atoms. The van der Waals surface area contributed by atoms with Crippen LogP contribution in [0.25, 0.3) is 154 Å². The highest BCUT2D eigenvalue weighted by molar-refractivity contribution is 7.26. The maximum absolute atomic E-state index is 6.79. The average Bonchev–Trinajstić information content (AvgIpc) is 1.73. The van der Waals surface area contributed by atoms with Gasteiger partial charge >= 0.3 is 0 Å². The fourth-order valence-electron chi connectivity index (χ4n) is 13.4. The zero-order chi connectivity index (χ0) is 58.7. The number of hydrogen-bond donors (Lipinski definition) is 0. The Bertz CT molecular complexity index is 5640. The van der Waals surface area contributed by atoms with E-state index in [9.17, 15) is 0 Å². The first-order valence-corrected chi connectivity index (χ1v) is 30.8. The second-order valence-electron chi connectivity index (χ2n) is 22.6. The van der Waals surface area contributed by atoms with Gasteiger partial charge in [0.05, 0.1) is 11.7 Å². The Labute approximate surface area is 518 Å². The molecule has 0 saturated heterocycles. The van der Waals surface area contributed by atoms with E-state index in [1.807, 2.05) is 90.2 Å². The molecule has 18 rings (SSSR count). The van der Waals surface area contributed by atoms with Gasteiger partial charge in [0, 0.05) is 75.5 Å². The molecule has 0 bridgehead atoms. The van der Waals surface area contributed by atoms with Gasteiger partial charge in [-0.25, -0.2) is 9.97 Å². The van der Waals surface area contributed by atoms with E-state index < -0.39 is 0 Å². The van der Waals surface area contributed by atoms with Crippen LogP contribution in [0.15, 0.2) is 276 Å². The summed E-state index contributed by atoms with van der Waals surface area (Å²) in [4.78, 5) is 32.1. The average molecular weight is 1180 g/mol. The van der Waals surface area contributed by atoms with E-state index in [2.05, 4.69) is 203 Å². The number of thiophene rings is 1. The van der Waals surface area contributed by atoms with Crippen LogP contribution < -0.4 is 4.90 Å². The van der Waals surface area contributed by atoms with Gasteiger partial charge in [0.25, 0.3) is 0 Å². The summed E-state index contributed by atoms with van der Waals surface area (Å²) in [5.41, 5.74) is 17.5. The lowest BCUT2D eigenvalue weighted by molar-refractivity contribution is 0.668. The summed E-state index contributed by atoms with van der Waals surface area (Å²) in [5.74, 6) is 2.71. The van der Waals surface area contributed by atoms with Crippen LogP contribution in [0.5, 0.6) is 0 Å². The molecule has 2 atom stereocenters. The minimum Gasteiger partial charge on any atom is -0.456 e. The Morgan fingerprint density at radius 3 is 1.57 bits per heavy atom. The summed E-state index contributed by atoms with van der Waals surface area (Å²) in [6, 6.07) is 84.7. The number of para-hydroxylation sites is 1. The molecule has 6 heterocycles. The second-order valence-corrected chi connectivity index (χ2v) is 24.0. The van der Waals surface area contributed by atoms with E-state index in [0.717, 1.165) is 99.6 Å². The zero-order valence-electron chi connectivity index (χ0n) is 47.3. The highest BCUT2D eigenvalue weighted by Crippen LogP contribution is 2.52. The van der Waals surface area contributed by atoms with Crippen LogP contribution in [-0.2, 0) is 0 Å². The third-order valence-corrected chi connectivity index (χ3v) is 18.8. The van der Waals surface area contributed by atoms with Crippen molar-refractivity contribution < 1.29 is 8.83 Å². The molecule has 2 aliphatic rings. The van der Waals surface area contributed by atoms with Crippen molar-refractivity contribution in [3.63, 3.8) is 0 Å². The van der Waals surface area contributed by atoms with Gasteiger partial charge in [0.2, 0.25) is 11.2 Å². The van der Waals surface area contributed by atoms with Crippen LogP contribution >= 0.6 is 22.9 Å². The van der Waals surface area contributed by atoms with Crippen molar-refractivity contribution in [1.82, 2.24) is 29.9 Å². The van der Waals surface area contributed by atoms with Crippen molar-refractivity contribution in [3.05, 3.63) is 278 Å². The maximum Gasteiger partial charge on any atom is 0.234 e. The summed E-state index contributed by atoms with van der Waals surface area (Å²) >= 11 is 8.31. The predicted molar refractivity (Wildman–Crippen MR) is 363 cm³/mol. The number of benzene rings is 11. The van der Waals surface area contributed by atoms with Crippen molar-refractivity contribution in [1.29, 1.82) is 0 Å². The molecule has 5 aromatic heterocycles. The monoisotopic (exact) mass is 1180 g/mol. The van der Waals surface area contributed by atoms with Gasteiger partial charge in [0.15, 0.2) is 23.3 Å². The highest BCUT2D eigenvalue weighted by atomic mass is 35.5. The number of anilines is 2. The number of allylic oxidation sites excluding steroid dienone is 2. The molecule has 0 saturated carbocycles. The van der Waals surface area contributed by atoms with E-state index >= 15 is 0 Å². The van der Waals surface area contributed by atoms with Crippen molar-refractivity contribution in [2.24, 2.45) is 0 Å². The molecule has 1 aliphatic carbocycles. The fourth-order valence-corrected chi connectivity index (χ4v) is 14.7. The van der Waals surface area contributed by atoms with Crippen LogP contribution in [-0.4, -0.2) is 35.9 Å². The molecule has 9 nitrogen and oxygen atoms in total. The lowest BCUT2D eigenvalue weighted by atomic mass is 9.89. The minimum absolute atomic E-state index is 0.0644. The van der Waals surface area contributed by atoms with E-state index in [1.165, 1.54) is 36.9 Å². The van der Waals surface area contributed by atoms with Crippen LogP contribution in [0, 0.1) is 0 Å². The smallest absolute Gasteiger partial charge is 0.234 e. The largest absolute Gasteiger partial charge is 0.456 e. The predicted octanol–water partition coefficient (Wildman–Crippen LogP) is 20.9. The first kappa shape index (κ1) is 51.1. The summed E-state index contributed by atoms with van der Waals surface area (Å²) in [7, 11) is 0. The van der Waals surface area contributed by atoms with Crippen LogP contribution in [0.3, 0.4) is 0 Å². The second kappa shape index (κ2) is 20.5. The number of rotatable bonds is 9. The maximum atomic E-state index is 6.79. The normalized spacial score (nSPS) is 14.5. The molecule has 16 aromatic rings. The van der Waals surface area contributed by atoms with E-state index in [1.54, 1.807) is 0 Å². The third kappa shape index (κ3) is 8.59. The standard InChI is InChI=1S/C78H46ClN7O2S/c79-77-82-73(45-16-3-1-4-17-45)80-75(83-77)52-35-38-59-58-37-34-51(42-65(58)88-66(59)43-52)54-26-14-31-64-70(54)61-39-36-53(44-67(61)87-64)76-81-74(46-18-5-2-6-19-46)84-78(85-76)86-63-30-9-7-24-57(63)60-29-13-28-56(72(60)86)50-23-12-21-48(41-50)47-20-11-22-49(40-47)55-27-15-33-69-71(55)62-25-8-10-32-68(62)89-69/h1-44,57,63H. The van der Waals surface area contributed by atoms with Gasteiger partial charge < -0.3 is 13.7 Å².